The van der Waals surface area contributed by atoms with Crippen molar-refractivity contribution in [2.75, 3.05) is 38.1 Å². The molecule has 4 heterocycles. The second-order valence-electron chi connectivity index (χ2n) is 8.88. The lowest BCUT2D eigenvalue weighted by Crippen LogP contribution is -2.49. The van der Waals surface area contributed by atoms with E-state index in [9.17, 15) is 10.1 Å². The number of carbonyl (C=O) groups is 1. The van der Waals surface area contributed by atoms with Crippen molar-refractivity contribution >= 4 is 29.0 Å². The summed E-state index contributed by atoms with van der Waals surface area (Å²) in [6.45, 7) is 2.70. The first-order valence-electron chi connectivity index (χ1n) is 12.3. The zero-order valence-corrected chi connectivity index (χ0v) is 21.0. The SMILES string of the molecule is CN=CC(=CN)c1cn2ncc(C#N)c2c(-c2ccc(N3CCN(C(=O)Cc4ccccc4)CC3)nc2)n1. The van der Waals surface area contributed by atoms with E-state index in [2.05, 4.69) is 21.1 Å². The van der Waals surface area contributed by atoms with Gasteiger partial charge in [-0.25, -0.2) is 14.5 Å². The van der Waals surface area contributed by atoms with Crippen molar-refractivity contribution in [2.24, 2.45) is 10.7 Å². The van der Waals surface area contributed by atoms with Crippen molar-refractivity contribution in [1.29, 1.82) is 5.26 Å². The molecule has 0 saturated carbocycles. The summed E-state index contributed by atoms with van der Waals surface area (Å²) >= 11 is 0. The molecular weight excluding hydrogens is 478 g/mol. The number of amides is 1. The standard InChI is InChI=1S/C28H27N9O/c1-31-16-22(14-29)24-19-37-28(23(15-30)18-33-37)27(34-24)21-7-8-25(32-17-21)35-9-11-36(12-10-35)26(38)13-20-5-3-2-4-6-20/h2-8,14,16-19H,9-13,29H2,1H3. The largest absolute Gasteiger partial charge is 0.404 e. The van der Waals surface area contributed by atoms with Crippen LogP contribution in [-0.4, -0.2) is 69.8 Å². The van der Waals surface area contributed by atoms with Crippen molar-refractivity contribution in [3.63, 3.8) is 0 Å². The summed E-state index contributed by atoms with van der Waals surface area (Å²) in [7, 11) is 1.66. The average molecular weight is 506 g/mol. The third-order valence-electron chi connectivity index (χ3n) is 6.54. The van der Waals surface area contributed by atoms with Crippen LogP contribution in [0.15, 0.2) is 72.2 Å². The van der Waals surface area contributed by atoms with Gasteiger partial charge in [-0.2, -0.15) is 10.4 Å². The van der Waals surface area contributed by atoms with E-state index in [1.807, 2.05) is 47.4 Å². The number of pyridine rings is 1. The number of aliphatic imine (C=N–C) groups is 1. The maximum absolute atomic E-state index is 12.7. The molecule has 190 valence electrons. The van der Waals surface area contributed by atoms with Crippen LogP contribution >= 0.6 is 0 Å². The van der Waals surface area contributed by atoms with E-state index in [0.717, 1.165) is 16.9 Å². The van der Waals surface area contributed by atoms with Gasteiger partial charge < -0.3 is 15.5 Å². The molecule has 1 saturated heterocycles. The number of carbonyl (C=O) groups excluding carboxylic acids is 1. The molecule has 0 spiro atoms. The van der Waals surface area contributed by atoms with Gasteiger partial charge in [0.15, 0.2) is 0 Å². The van der Waals surface area contributed by atoms with E-state index in [4.69, 9.17) is 15.7 Å². The summed E-state index contributed by atoms with van der Waals surface area (Å²) in [4.78, 5) is 30.3. The molecule has 10 nitrogen and oxygen atoms in total. The Labute approximate surface area is 220 Å². The number of allylic oxidation sites excluding steroid dienone is 1. The van der Waals surface area contributed by atoms with E-state index in [0.29, 0.717) is 60.6 Å². The number of piperazine rings is 1. The maximum atomic E-state index is 12.7. The Balaban J connectivity index is 1.35. The molecule has 10 heteroatoms. The molecule has 1 fully saturated rings. The Hall–Kier alpha value is -5.04. The number of fused-ring (bicyclic) bond motifs is 1. The number of nitrogens with zero attached hydrogens (tertiary/aromatic N) is 8. The Morgan fingerprint density at radius 3 is 2.58 bits per heavy atom. The van der Waals surface area contributed by atoms with Crippen molar-refractivity contribution in [2.45, 2.75) is 6.42 Å². The van der Waals surface area contributed by atoms with E-state index >= 15 is 0 Å². The predicted molar refractivity (Wildman–Crippen MR) is 146 cm³/mol. The Morgan fingerprint density at radius 2 is 1.92 bits per heavy atom. The minimum absolute atomic E-state index is 0.141. The van der Waals surface area contributed by atoms with Crippen LogP contribution in [0.1, 0.15) is 16.8 Å². The molecule has 4 aromatic rings. The van der Waals surface area contributed by atoms with Crippen molar-refractivity contribution in [3.8, 4) is 17.3 Å². The van der Waals surface area contributed by atoms with Gasteiger partial charge in [0.25, 0.3) is 0 Å². The average Bonchev–Trinajstić information content (AvgIpc) is 3.39. The first-order chi connectivity index (χ1) is 18.6. The number of rotatable bonds is 6. The lowest BCUT2D eigenvalue weighted by molar-refractivity contribution is -0.130. The predicted octanol–water partition coefficient (Wildman–Crippen LogP) is 2.55. The van der Waals surface area contributed by atoms with Crippen LogP contribution in [0.25, 0.3) is 22.3 Å². The molecule has 5 rings (SSSR count). The highest BCUT2D eigenvalue weighted by atomic mass is 16.2. The van der Waals surface area contributed by atoms with Crippen LogP contribution < -0.4 is 10.6 Å². The Kier molecular flexibility index (Phi) is 7.08. The summed E-state index contributed by atoms with van der Waals surface area (Å²) in [5.41, 5.74) is 10.4. The van der Waals surface area contributed by atoms with Crippen LogP contribution in [-0.2, 0) is 11.2 Å². The van der Waals surface area contributed by atoms with Gasteiger partial charge in [0.05, 0.1) is 30.2 Å². The summed E-state index contributed by atoms with van der Waals surface area (Å²) in [6, 6.07) is 15.9. The van der Waals surface area contributed by atoms with Gasteiger partial charge in [0.2, 0.25) is 5.91 Å². The number of nitrogens with two attached hydrogens (primary N) is 1. The van der Waals surface area contributed by atoms with E-state index < -0.39 is 0 Å². The molecule has 2 N–H and O–H groups in total. The fourth-order valence-corrected chi connectivity index (χ4v) is 4.55. The van der Waals surface area contributed by atoms with Gasteiger partial charge in [-0.15, -0.1) is 0 Å². The summed E-state index contributed by atoms with van der Waals surface area (Å²) in [5.74, 6) is 0.966. The van der Waals surface area contributed by atoms with Crippen LogP contribution in [0.5, 0.6) is 0 Å². The topological polar surface area (TPSA) is 129 Å². The minimum atomic E-state index is 0.141. The van der Waals surface area contributed by atoms with Crippen molar-refractivity contribution in [3.05, 3.63) is 84.1 Å². The number of hydrogen-bond donors (Lipinski definition) is 1. The zero-order chi connectivity index (χ0) is 26.5. The summed E-state index contributed by atoms with van der Waals surface area (Å²) in [5, 5.41) is 14.0. The lowest BCUT2D eigenvalue weighted by atomic mass is 10.1. The monoisotopic (exact) mass is 505 g/mol. The maximum Gasteiger partial charge on any atom is 0.227 e. The molecule has 0 bridgehead atoms. The van der Waals surface area contributed by atoms with Gasteiger partial charge in [-0.1, -0.05) is 30.3 Å². The van der Waals surface area contributed by atoms with Gasteiger partial charge >= 0.3 is 0 Å². The van der Waals surface area contributed by atoms with E-state index in [1.165, 1.54) is 12.4 Å². The van der Waals surface area contributed by atoms with E-state index in [-0.39, 0.29) is 5.91 Å². The Bertz CT molecular complexity index is 1540. The molecule has 0 radical (unpaired) electrons. The molecule has 0 aliphatic carbocycles. The number of benzene rings is 1. The fraction of sp³-hybridized carbons (Fsp3) is 0.214. The van der Waals surface area contributed by atoms with Crippen molar-refractivity contribution < 1.29 is 4.79 Å². The van der Waals surface area contributed by atoms with Crippen LogP contribution in [0.4, 0.5) is 5.82 Å². The summed E-state index contributed by atoms with van der Waals surface area (Å²) in [6.07, 6.45) is 8.47. The number of nitriles is 1. The molecule has 38 heavy (non-hydrogen) atoms. The molecule has 1 aromatic carbocycles. The second-order valence-corrected chi connectivity index (χ2v) is 8.88. The van der Waals surface area contributed by atoms with Crippen LogP contribution in [0.3, 0.4) is 0 Å². The smallest absolute Gasteiger partial charge is 0.227 e. The van der Waals surface area contributed by atoms with E-state index in [1.54, 1.807) is 30.2 Å². The lowest BCUT2D eigenvalue weighted by Gasteiger charge is -2.35. The first kappa shape index (κ1) is 24.6. The molecule has 0 atom stereocenters. The Morgan fingerprint density at radius 1 is 1.13 bits per heavy atom. The molecule has 3 aromatic heterocycles. The highest BCUT2D eigenvalue weighted by Crippen LogP contribution is 2.28. The van der Waals surface area contributed by atoms with Gasteiger partial charge in [-0.05, 0) is 17.7 Å². The van der Waals surface area contributed by atoms with Gasteiger partial charge in [0, 0.05) is 63.0 Å². The zero-order valence-electron chi connectivity index (χ0n) is 21.0. The minimum Gasteiger partial charge on any atom is -0.404 e. The van der Waals surface area contributed by atoms with Gasteiger partial charge in [-0.3, -0.25) is 9.79 Å². The van der Waals surface area contributed by atoms with Crippen LogP contribution in [0.2, 0.25) is 0 Å². The molecule has 1 aliphatic heterocycles. The fourth-order valence-electron chi connectivity index (χ4n) is 4.55. The second kappa shape index (κ2) is 10.9. The molecular formula is C28H27N9O. The molecule has 1 amide bonds. The van der Waals surface area contributed by atoms with Gasteiger partial charge in [0.1, 0.15) is 23.0 Å². The summed E-state index contributed by atoms with van der Waals surface area (Å²) < 4.78 is 1.63. The molecule has 1 aliphatic rings. The van der Waals surface area contributed by atoms with Crippen molar-refractivity contribution in [1.82, 2.24) is 24.5 Å². The number of hydrogen-bond acceptors (Lipinski definition) is 8. The number of aromatic nitrogens is 4. The third kappa shape index (κ3) is 4.95. The normalized spacial score (nSPS) is 14.3. The quantitative estimate of drug-likeness (QED) is 0.399. The van der Waals surface area contributed by atoms with Crippen LogP contribution in [0, 0.1) is 11.3 Å². The highest BCUT2D eigenvalue weighted by Gasteiger charge is 2.22. The highest BCUT2D eigenvalue weighted by molar-refractivity contribution is 6.09. The number of anilines is 1. The molecule has 0 unspecified atom stereocenters. The third-order valence-corrected chi connectivity index (χ3v) is 6.54. The first-order valence-corrected chi connectivity index (χ1v) is 12.3.